The Balaban J connectivity index is 1.69. The molecule has 2 aromatic rings. The first-order valence-electron chi connectivity index (χ1n) is 8.27. The van der Waals surface area contributed by atoms with Crippen LogP contribution in [0.4, 0.5) is 0 Å². The van der Waals surface area contributed by atoms with E-state index in [4.69, 9.17) is 26.4 Å². The molecule has 5 nitrogen and oxygen atoms in total. The van der Waals surface area contributed by atoms with E-state index in [-0.39, 0.29) is 5.91 Å². The van der Waals surface area contributed by atoms with Gasteiger partial charge in [0.25, 0.3) is 5.91 Å². The number of para-hydroxylation sites is 1. The Morgan fingerprint density at radius 2 is 1.85 bits per heavy atom. The molecule has 1 heterocycles. The van der Waals surface area contributed by atoms with Gasteiger partial charge < -0.3 is 14.2 Å². The van der Waals surface area contributed by atoms with Crippen molar-refractivity contribution in [3.8, 4) is 17.2 Å². The number of carbonyl (C=O) groups is 1. The monoisotopic (exact) mass is 401 g/mol. The average Bonchev–Trinajstić information content (AvgIpc) is 2.96. The van der Waals surface area contributed by atoms with Crippen LogP contribution >= 0.6 is 24.0 Å². The lowest BCUT2D eigenvalue weighted by molar-refractivity contribution is -0.122. The van der Waals surface area contributed by atoms with Crippen molar-refractivity contribution in [3.05, 3.63) is 59.0 Å². The summed E-state index contributed by atoms with van der Waals surface area (Å²) in [6.45, 7) is 0.770. The van der Waals surface area contributed by atoms with Crippen molar-refractivity contribution in [3.63, 3.8) is 0 Å². The number of rotatable bonds is 7. The van der Waals surface area contributed by atoms with Gasteiger partial charge in [-0.1, -0.05) is 42.2 Å². The van der Waals surface area contributed by atoms with Gasteiger partial charge in [-0.05, 0) is 30.3 Å². The molecule has 27 heavy (non-hydrogen) atoms. The smallest absolute Gasteiger partial charge is 0.266 e. The molecule has 1 amide bonds. The van der Waals surface area contributed by atoms with Gasteiger partial charge in [-0.3, -0.25) is 9.69 Å². The van der Waals surface area contributed by atoms with Gasteiger partial charge in [-0.2, -0.15) is 0 Å². The third-order valence-corrected chi connectivity index (χ3v) is 5.31. The second-order valence-electron chi connectivity index (χ2n) is 5.60. The van der Waals surface area contributed by atoms with Crippen molar-refractivity contribution in [2.75, 3.05) is 27.4 Å². The summed E-state index contributed by atoms with van der Waals surface area (Å²) in [4.78, 5) is 14.8. The van der Waals surface area contributed by atoms with Crippen LogP contribution in [0.15, 0.2) is 53.4 Å². The van der Waals surface area contributed by atoms with Crippen molar-refractivity contribution >= 4 is 40.3 Å². The maximum atomic E-state index is 12.7. The molecule has 1 aliphatic rings. The van der Waals surface area contributed by atoms with Crippen molar-refractivity contribution in [1.29, 1.82) is 0 Å². The van der Waals surface area contributed by atoms with Gasteiger partial charge in [-0.15, -0.1) is 0 Å². The standard InChI is InChI=1S/C20H19NO4S2/c1-23-16-9-8-14(17(13-16)24-2)12-18-19(22)21(20(26)27-18)10-11-25-15-6-4-3-5-7-15/h3-9,12-13H,10-11H2,1-2H3/b18-12-. The van der Waals surface area contributed by atoms with E-state index in [0.29, 0.717) is 33.9 Å². The molecule has 2 aromatic carbocycles. The quantitative estimate of drug-likeness (QED) is 0.517. The normalized spacial score (nSPS) is 15.3. The number of methoxy groups -OCH3 is 2. The highest BCUT2D eigenvalue weighted by Gasteiger charge is 2.32. The van der Waals surface area contributed by atoms with E-state index in [1.807, 2.05) is 42.5 Å². The van der Waals surface area contributed by atoms with Crippen LogP contribution in [-0.4, -0.2) is 42.5 Å². The van der Waals surface area contributed by atoms with Crippen LogP contribution in [0.3, 0.4) is 0 Å². The fourth-order valence-electron chi connectivity index (χ4n) is 2.54. The number of hydrogen-bond donors (Lipinski definition) is 0. The van der Waals surface area contributed by atoms with E-state index in [1.165, 1.54) is 11.8 Å². The Labute approximate surface area is 167 Å². The van der Waals surface area contributed by atoms with Crippen molar-refractivity contribution in [2.24, 2.45) is 0 Å². The van der Waals surface area contributed by atoms with Crippen LogP contribution in [0.5, 0.6) is 17.2 Å². The Morgan fingerprint density at radius 1 is 1.07 bits per heavy atom. The summed E-state index contributed by atoms with van der Waals surface area (Å²) in [5, 5.41) is 0. The number of nitrogens with zero attached hydrogens (tertiary/aromatic N) is 1. The second-order valence-corrected chi connectivity index (χ2v) is 7.28. The van der Waals surface area contributed by atoms with Gasteiger partial charge in [0, 0.05) is 11.6 Å². The van der Waals surface area contributed by atoms with Gasteiger partial charge in [0.1, 0.15) is 28.2 Å². The minimum absolute atomic E-state index is 0.125. The second kappa shape index (κ2) is 8.92. The fourth-order valence-corrected chi connectivity index (χ4v) is 3.84. The molecule has 0 N–H and O–H groups in total. The molecule has 1 fully saturated rings. The number of hydrogen-bond acceptors (Lipinski definition) is 6. The molecule has 0 radical (unpaired) electrons. The number of amides is 1. The SMILES string of the molecule is COc1ccc(/C=C2\SC(=S)N(CCOc3ccccc3)C2=O)c(OC)c1. The number of thiocarbonyl (C=S) groups is 1. The molecule has 0 spiro atoms. The summed E-state index contributed by atoms with van der Waals surface area (Å²) in [6, 6.07) is 14.9. The number of benzene rings is 2. The third-order valence-electron chi connectivity index (χ3n) is 3.93. The van der Waals surface area contributed by atoms with Crippen LogP contribution in [0.1, 0.15) is 5.56 Å². The Kier molecular flexibility index (Phi) is 6.36. The van der Waals surface area contributed by atoms with Crippen LogP contribution in [0.25, 0.3) is 6.08 Å². The molecule has 0 bridgehead atoms. The number of thioether (sulfide) groups is 1. The summed E-state index contributed by atoms with van der Waals surface area (Å²) in [6.07, 6.45) is 1.79. The van der Waals surface area contributed by atoms with E-state index < -0.39 is 0 Å². The Hall–Kier alpha value is -2.51. The Bertz CT molecular complexity index is 868. The third kappa shape index (κ3) is 4.61. The lowest BCUT2D eigenvalue weighted by Crippen LogP contribution is -2.32. The fraction of sp³-hybridized carbons (Fsp3) is 0.200. The first-order chi connectivity index (χ1) is 13.1. The predicted octanol–water partition coefficient (Wildman–Crippen LogP) is 3.98. The molecule has 0 aliphatic carbocycles. The zero-order valence-electron chi connectivity index (χ0n) is 15.0. The summed E-state index contributed by atoms with van der Waals surface area (Å²) < 4.78 is 16.8. The van der Waals surface area contributed by atoms with E-state index in [2.05, 4.69) is 0 Å². The van der Waals surface area contributed by atoms with Crippen molar-refractivity contribution in [2.45, 2.75) is 0 Å². The Morgan fingerprint density at radius 3 is 2.56 bits per heavy atom. The summed E-state index contributed by atoms with van der Waals surface area (Å²) in [5.41, 5.74) is 0.791. The molecule has 140 valence electrons. The van der Waals surface area contributed by atoms with Gasteiger partial charge in [0.05, 0.1) is 25.7 Å². The van der Waals surface area contributed by atoms with Crippen LogP contribution in [0.2, 0.25) is 0 Å². The van der Waals surface area contributed by atoms with E-state index >= 15 is 0 Å². The van der Waals surface area contributed by atoms with E-state index in [9.17, 15) is 4.79 Å². The van der Waals surface area contributed by atoms with Gasteiger partial charge in [0.15, 0.2) is 0 Å². The first kappa shape index (κ1) is 19.3. The van der Waals surface area contributed by atoms with Crippen LogP contribution in [0, 0.1) is 0 Å². The minimum Gasteiger partial charge on any atom is -0.497 e. The first-order valence-corrected chi connectivity index (χ1v) is 9.50. The summed E-state index contributed by atoms with van der Waals surface area (Å²) in [5.74, 6) is 1.96. The average molecular weight is 402 g/mol. The maximum Gasteiger partial charge on any atom is 0.266 e. The molecular formula is C20H19NO4S2. The largest absolute Gasteiger partial charge is 0.497 e. The maximum absolute atomic E-state index is 12.7. The summed E-state index contributed by atoms with van der Waals surface area (Å²) in [7, 11) is 3.18. The molecule has 1 aliphatic heterocycles. The molecule has 0 aromatic heterocycles. The molecular weight excluding hydrogens is 382 g/mol. The highest BCUT2D eigenvalue weighted by Crippen LogP contribution is 2.35. The molecule has 3 rings (SSSR count). The molecule has 7 heteroatoms. The van der Waals surface area contributed by atoms with Crippen LogP contribution < -0.4 is 14.2 Å². The highest BCUT2D eigenvalue weighted by molar-refractivity contribution is 8.26. The van der Waals surface area contributed by atoms with E-state index in [1.54, 1.807) is 31.3 Å². The minimum atomic E-state index is -0.125. The van der Waals surface area contributed by atoms with Gasteiger partial charge in [-0.25, -0.2) is 0 Å². The lowest BCUT2D eigenvalue weighted by Gasteiger charge is -2.15. The lowest BCUT2D eigenvalue weighted by atomic mass is 10.1. The molecule has 0 unspecified atom stereocenters. The number of ether oxygens (including phenoxy) is 3. The zero-order chi connectivity index (χ0) is 19.2. The molecule has 1 saturated heterocycles. The van der Waals surface area contributed by atoms with Crippen molar-refractivity contribution < 1.29 is 19.0 Å². The van der Waals surface area contributed by atoms with Gasteiger partial charge >= 0.3 is 0 Å². The topological polar surface area (TPSA) is 48.0 Å². The van der Waals surface area contributed by atoms with Crippen molar-refractivity contribution in [1.82, 2.24) is 4.90 Å². The van der Waals surface area contributed by atoms with E-state index in [0.717, 1.165) is 11.3 Å². The van der Waals surface area contributed by atoms with Gasteiger partial charge in [0.2, 0.25) is 0 Å². The zero-order valence-corrected chi connectivity index (χ0v) is 16.6. The molecule has 0 saturated carbocycles. The number of carbonyl (C=O) groups excluding carboxylic acids is 1. The highest BCUT2D eigenvalue weighted by atomic mass is 32.2. The predicted molar refractivity (Wildman–Crippen MR) is 111 cm³/mol. The van der Waals surface area contributed by atoms with Crippen LogP contribution in [-0.2, 0) is 4.79 Å². The molecule has 0 atom stereocenters. The summed E-state index contributed by atoms with van der Waals surface area (Å²) >= 11 is 6.64.